The van der Waals surface area contributed by atoms with E-state index in [1.54, 1.807) is 0 Å². The number of fused-ring (bicyclic) bond motifs is 1. The van der Waals surface area contributed by atoms with Crippen molar-refractivity contribution in [1.82, 2.24) is 14.5 Å². The lowest BCUT2D eigenvalue weighted by molar-refractivity contribution is -0.134. The number of hydrogen-bond donors (Lipinski definition) is 0. The highest BCUT2D eigenvalue weighted by Gasteiger charge is 2.28. The Kier molecular flexibility index (Phi) is 4.36. The summed E-state index contributed by atoms with van der Waals surface area (Å²) in [5.74, 6) is 0.0835. The highest BCUT2D eigenvalue weighted by atomic mass is 79.9. The fraction of sp³-hybridized carbons (Fsp3) is 0.158. The van der Waals surface area contributed by atoms with E-state index in [1.807, 2.05) is 64.1 Å². The van der Waals surface area contributed by atoms with Crippen molar-refractivity contribution >= 4 is 33.4 Å². The van der Waals surface area contributed by atoms with E-state index in [1.165, 1.54) is 0 Å². The Morgan fingerprint density at radius 3 is 2.48 bits per heavy atom. The van der Waals surface area contributed by atoms with Crippen LogP contribution in [0.5, 0.6) is 0 Å². The molecule has 1 aliphatic rings. The number of benzene rings is 2. The molecule has 0 spiro atoms. The summed E-state index contributed by atoms with van der Waals surface area (Å²) in [5.41, 5.74) is 4.08. The van der Waals surface area contributed by atoms with Crippen molar-refractivity contribution < 1.29 is 4.79 Å². The van der Waals surface area contributed by atoms with Gasteiger partial charge in [0.25, 0.3) is 0 Å². The second-order valence-electron chi connectivity index (χ2n) is 6.00. The van der Waals surface area contributed by atoms with Crippen molar-refractivity contribution in [3.05, 3.63) is 75.6 Å². The molecule has 1 aromatic heterocycles. The van der Waals surface area contributed by atoms with Crippen molar-refractivity contribution in [2.24, 2.45) is 0 Å². The highest BCUT2D eigenvalue weighted by molar-refractivity contribution is 9.10. The van der Waals surface area contributed by atoms with E-state index in [2.05, 4.69) is 20.9 Å². The van der Waals surface area contributed by atoms with Gasteiger partial charge in [0.05, 0.1) is 17.9 Å². The third-order valence-corrected chi connectivity index (χ3v) is 5.20. The Hall–Kier alpha value is -2.11. The molecule has 1 amide bonds. The van der Waals surface area contributed by atoms with Crippen LogP contribution in [0.15, 0.2) is 59.3 Å². The van der Waals surface area contributed by atoms with Gasteiger partial charge in [0.2, 0.25) is 5.91 Å². The number of halogens is 2. The molecule has 6 heteroatoms. The second kappa shape index (κ2) is 6.65. The maximum atomic E-state index is 12.6. The van der Waals surface area contributed by atoms with Crippen molar-refractivity contribution in [3.8, 4) is 11.3 Å². The number of carbonyl (C=O) groups is 1. The van der Waals surface area contributed by atoms with Crippen LogP contribution in [0.1, 0.15) is 11.3 Å². The number of amides is 1. The van der Waals surface area contributed by atoms with Gasteiger partial charge in [0.1, 0.15) is 6.54 Å². The standard InChI is InChI=1S/C19H15BrClN3O/c20-19-22-18(14-4-2-1-3-5-14)16-11-23(17(25)12-24(16)19)10-13-6-8-15(21)9-7-13/h1-9H,10-12H2. The first-order valence-corrected chi connectivity index (χ1v) is 9.11. The van der Waals surface area contributed by atoms with Crippen LogP contribution in [0.25, 0.3) is 11.3 Å². The summed E-state index contributed by atoms with van der Waals surface area (Å²) in [6.45, 7) is 1.39. The zero-order valence-corrected chi connectivity index (χ0v) is 15.7. The molecule has 4 rings (SSSR count). The number of nitrogens with zero attached hydrogens (tertiary/aromatic N) is 3. The summed E-state index contributed by atoms with van der Waals surface area (Å²) in [4.78, 5) is 19.1. The first-order valence-electron chi connectivity index (χ1n) is 7.94. The van der Waals surface area contributed by atoms with Gasteiger partial charge >= 0.3 is 0 Å². The van der Waals surface area contributed by atoms with Crippen molar-refractivity contribution in [3.63, 3.8) is 0 Å². The molecule has 2 aromatic carbocycles. The molecule has 4 nitrogen and oxygen atoms in total. The molecule has 25 heavy (non-hydrogen) atoms. The molecule has 126 valence electrons. The number of aromatic nitrogens is 2. The molecule has 0 N–H and O–H groups in total. The zero-order chi connectivity index (χ0) is 17.4. The van der Waals surface area contributed by atoms with Gasteiger partial charge in [-0.05, 0) is 33.6 Å². The van der Waals surface area contributed by atoms with Gasteiger partial charge in [-0.2, -0.15) is 0 Å². The minimum atomic E-state index is 0.0835. The smallest absolute Gasteiger partial charge is 0.243 e. The molecule has 2 heterocycles. The number of rotatable bonds is 3. The van der Waals surface area contributed by atoms with Crippen molar-refractivity contribution in [1.29, 1.82) is 0 Å². The molecule has 0 unspecified atom stereocenters. The highest BCUT2D eigenvalue weighted by Crippen LogP contribution is 2.30. The Labute approximate surface area is 159 Å². The third-order valence-electron chi connectivity index (χ3n) is 4.35. The maximum Gasteiger partial charge on any atom is 0.243 e. The average molecular weight is 417 g/mol. The molecule has 0 bridgehead atoms. The monoisotopic (exact) mass is 415 g/mol. The van der Waals surface area contributed by atoms with Crippen LogP contribution in [0.3, 0.4) is 0 Å². The predicted octanol–water partition coefficient (Wildman–Crippen LogP) is 4.51. The van der Waals surface area contributed by atoms with E-state index in [4.69, 9.17) is 11.6 Å². The summed E-state index contributed by atoms with van der Waals surface area (Å²) >= 11 is 9.43. The van der Waals surface area contributed by atoms with E-state index in [0.29, 0.717) is 29.4 Å². The van der Waals surface area contributed by atoms with Gasteiger partial charge in [-0.1, -0.05) is 54.1 Å². The van der Waals surface area contributed by atoms with Crippen LogP contribution in [-0.2, 0) is 24.4 Å². The zero-order valence-electron chi connectivity index (χ0n) is 13.3. The minimum absolute atomic E-state index is 0.0835. The van der Waals surface area contributed by atoms with Crippen LogP contribution >= 0.6 is 27.5 Å². The van der Waals surface area contributed by atoms with Gasteiger partial charge < -0.3 is 9.47 Å². The lowest BCUT2D eigenvalue weighted by Gasteiger charge is -2.29. The van der Waals surface area contributed by atoms with Crippen LogP contribution in [0, 0.1) is 0 Å². The number of carbonyl (C=O) groups excluding carboxylic acids is 1. The average Bonchev–Trinajstić information content (AvgIpc) is 2.94. The van der Waals surface area contributed by atoms with Gasteiger partial charge in [0, 0.05) is 17.1 Å². The summed E-state index contributed by atoms with van der Waals surface area (Å²) < 4.78 is 2.64. The lowest BCUT2D eigenvalue weighted by atomic mass is 10.1. The van der Waals surface area contributed by atoms with Crippen LogP contribution in [0.4, 0.5) is 0 Å². The van der Waals surface area contributed by atoms with E-state index in [9.17, 15) is 4.79 Å². The SMILES string of the molecule is O=C1Cn2c(Br)nc(-c3ccccc3)c2CN1Cc1ccc(Cl)cc1. The molecule has 3 aromatic rings. The fourth-order valence-electron chi connectivity index (χ4n) is 3.06. The molecule has 1 aliphatic heterocycles. The summed E-state index contributed by atoms with van der Waals surface area (Å²) in [5, 5.41) is 0.696. The summed E-state index contributed by atoms with van der Waals surface area (Å²) in [7, 11) is 0. The van der Waals surface area contributed by atoms with E-state index >= 15 is 0 Å². The van der Waals surface area contributed by atoms with Gasteiger partial charge in [0.15, 0.2) is 4.73 Å². The number of hydrogen-bond acceptors (Lipinski definition) is 2. The van der Waals surface area contributed by atoms with Gasteiger partial charge in [-0.25, -0.2) is 4.98 Å². The first-order chi connectivity index (χ1) is 12.1. The summed E-state index contributed by atoms with van der Waals surface area (Å²) in [6.07, 6.45) is 0. The Balaban J connectivity index is 1.66. The Morgan fingerprint density at radius 2 is 1.76 bits per heavy atom. The fourth-order valence-corrected chi connectivity index (χ4v) is 3.71. The third kappa shape index (κ3) is 3.22. The topological polar surface area (TPSA) is 38.1 Å². The first kappa shape index (κ1) is 16.4. The minimum Gasteiger partial charge on any atom is -0.331 e. The molecule has 0 fully saturated rings. The second-order valence-corrected chi connectivity index (χ2v) is 7.15. The van der Waals surface area contributed by atoms with E-state index in [-0.39, 0.29) is 5.91 Å². The van der Waals surface area contributed by atoms with Crippen molar-refractivity contribution in [2.45, 2.75) is 19.6 Å². The maximum absolute atomic E-state index is 12.6. The lowest BCUT2D eigenvalue weighted by Crippen LogP contribution is -2.38. The van der Waals surface area contributed by atoms with E-state index < -0.39 is 0 Å². The molecule has 0 atom stereocenters. The van der Waals surface area contributed by atoms with Crippen LogP contribution in [0.2, 0.25) is 5.02 Å². The Morgan fingerprint density at radius 1 is 1.04 bits per heavy atom. The number of imidazole rings is 1. The van der Waals surface area contributed by atoms with Crippen molar-refractivity contribution in [2.75, 3.05) is 0 Å². The Bertz CT molecular complexity index is 922. The molecular weight excluding hydrogens is 402 g/mol. The molecule has 0 aliphatic carbocycles. The van der Waals surface area contributed by atoms with Gasteiger partial charge in [-0.3, -0.25) is 4.79 Å². The normalized spacial score (nSPS) is 13.8. The van der Waals surface area contributed by atoms with E-state index in [0.717, 1.165) is 22.5 Å². The summed E-state index contributed by atoms with van der Waals surface area (Å²) in [6, 6.07) is 17.7. The molecular formula is C19H15BrClN3O. The molecule has 0 saturated heterocycles. The van der Waals surface area contributed by atoms with Gasteiger partial charge in [-0.15, -0.1) is 0 Å². The molecule has 0 saturated carbocycles. The largest absolute Gasteiger partial charge is 0.331 e. The van der Waals surface area contributed by atoms with Crippen LogP contribution < -0.4 is 0 Å². The predicted molar refractivity (Wildman–Crippen MR) is 101 cm³/mol. The molecule has 0 radical (unpaired) electrons. The van der Waals surface area contributed by atoms with Crippen LogP contribution in [-0.4, -0.2) is 20.4 Å². The quantitative estimate of drug-likeness (QED) is 0.630.